The Morgan fingerprint density at radius 3 is 2.44 bits per heavy atom. The van der Waals surface area contributed by atoms with Crippen molar-refractivity contribution < 1.29 is 5.11 Å². The van der Waals surface area contributed by atoms with Crippen LogP contribution in [-0.4, -0.2) is 14.9 Å². The van der Waals surface area contributed by atoms with Gasteiger partial charge in [-0.2, -0.15) is 9.78 Å². The Bertz CT molecular complexity index is 578. The van der Waals surface area contributed by atoms with Gasteiger partial charge in [0.25, 0.3) is 5.56 Å². The highest BCUT2D eigenvalue weighted by Gasteiger charge is 2.07. The van der Waals surface area contributed by atoms with Gasteiger partial charge in [0.15, 0.2) is 0 Å². The van der Waals surface area contributed by atoms with Crippen molar-refractivity contribution in [1.82, 2.24) is 9.78 Å². The van der Waals surface area contributed by atoms with E-state index >= 15 is 0 Å². The Morgan fingerprint density at radius 2 is 1.81 bits per heavy atom. The SMILES string of the molecule is O=c1c(Br)c(Br)cnn1-c1ccc(O)cc1. The molecule has 0 radical (unpaired) electrons. The number of halogens is 2. The second kappa shape index (κ2) is 4.39. The van der Waals surface area contributed by atoms with Crippen LogP contribution in [0.4, 0.5) is 0 Å². The summed E-state index contributed by atoms with van der Waals surface area (Å²) in [5.74, 6) is 0.146. The predicted molar refractivity (Wildman–Crippen MR) is 66.9 cm³/mol. The fourth-order valence-electron chi connectivity index (χ4n) is 1.19. The molecule has 2 aromatic rings. The normalized spacial score (nSPS) is 10.4. The lowest BCUT2D eigenvalue weighted by atomic mass is 10.3. The molecule has 82 valence electrons. The first kappa shape index (κ1) is 11.3. The van der Waals surface area contributed by atoms with E-state index in [0.29, 0.717) is 14.6 Å². The minimum atomic E-state index is -0.264. The number of rotatable bonds is 1. The number of benzene rings is 1. The molecule has 1 heterocycles. The summed E-state index contributed by atoms with van der Waals surface area (Å²) in [4.78, 5) is 11.8. The van der Waals surface area contributed by atoms with E-state index in [1.807, 2.05) is 0 Å². The molecule has 0 unspecified atom stereocenters. The second-order valence-electron chi connectivity index (χ2n) is 3.04. The van der Waals surface area contributed by atoms with Gasteiger partial charge in [-0.3, -0.25) is 4.79 Å². The molecule has 4 nitrogen and oxygen atoms in total. The summed E-state index contributed by atoms with van der Waals surface area (Å²) in [5.41, 5.74) is 0.330. The summed E-state index contributed by atoms with van der Waals surface area (Å²) in [6, 6.07) is 6.23. The Morgan fingerprint density at radius 1 is 1.19 bits per heavy atom. The van der Waals surface area contributed by atoms with E-state index in [2.05, 4.69) is 37.0 Å². The lowest BCUT2D eigenvalue weighted by molar-refractivity contribution is 0.475. The van der Waals surface area contributed by atoms with Crippen LogP contribution < -0.4 is 5.56 Å². The average molecular weight is 346 g/mol. The van der Waals surface area contributed by atoms with Crippen molar-refractivity contribution in [3.63, 3.8) is 0 Å². The van der Waals surface area contributed by atoms with E-state index in [1.54, 1.807) is 12.1 Å². The van der Waals surface area contributed by atoms with E-state index in [9.17, 15) is 4.79 Å². The average Bonchev–Trinajstić information content (AvgIpc) is 2.28. The molecule has 0 aliphatic rings. The smallest absolute Gasteiger partial charge is 0.286 e. The van der Waals surface area contributed by atoms with Crippen molar-refractivity contribution in [3.8, 4) is 11.4 Å². The number of hydrogen-bond acceptors (Lipinski definition) is 3. The summed E-state index contributed by atoms with van der Waals surface area (Å²) in [7, 11) is 0. The quantitative estimate of drug-likeness (QED) is 0.863. The fourth-order valence-corrected chi connectivity index (χ4v) is 1.72. The molecule has 0 atom stereocenters. The monoisotopic (exact) mass is 344 g/mol. The number of aromatic hydroxyl groups is 1. The lowest BCUT2D eigenvalue weighted by Gasteiger charge is -2.05. The van der Waals surface area contributed by atoms with Crippen LogP contribution in [-0.2, 0) is 0 Å². The molecule has 1 aromatic carbocycles. The van der Waals surface area contributed by atoms with Gasteiger partial charge in [0.05, 0.1) is 16.4 Å². The maximum Gasteiger partial charge on any atom is 0.286 e. The maximum absolute atomic E-state index is 11.8. The third-order valence-electron chi connectivity index (χ3n) is 1.97. The predicted octanol–water partition coefficient (Wildman–Crippen LogP) is 2.46. The first-order valence-electron chi connectivity index (χ1n) is 4.32. The minimum absolute atomic E-state index is 0.146. The first-order chi connectivity index (χ1) is 7.59. The summed E-state index contributed by atoms with van der Waals surface area (Å²) in [6.07, 6.45) is 1.53. The number of aromatic nitrogens is 2. The zero-order valence-corrected chi connectivity index (χ0v) is 11.1. The van der Waals surface area contributed by atoms with Crippen molar-refractivity contribution in [2.75, 3.05) is 0 Å². The van der Waals surface area contributed by atoms with Crippen LogP contribution in [0.2, 0.25) is 0 Å². The summed E-state index contributed by atoms with van der Waals surface area (Å²) >= 11 is 6.37. The maximum atomic E-state index is 11.8. The molecule has 0 bridgehead atoms. The minimum Gasteiger partial charge on any atom is -0.508 e. The number of phenolic OH excluding ortho intramolecular Hbond substituents is 1. The Labute approximate surface area is 108 Å². The first-order valence-corrected chi connectivity index (χ1v) is 5.91. The van der Waals surface area contributed by atoms with E-state index in [4.69, 9.17) is 5.11 Å². The summed E-state index contributed by atoms with van der Waals surface area (Å²) in [6.45, 7) is 0. The number of hydrogen-bond donors (Lipinski definition) is 1. The Balaban J connectivity index is 2.61. The third-order valence-corrected chi connectivity index (χ3v) is 3.87. The van der Waals surface area contributed by atoms with E-state index < -0.39 is 0 Å². The topological polar surface area (TPSA) is 55.1 Å². The largest absolute Gasteiger partial charge is 0.508 e. The molecule has 0 saturated heterocycles. The molecule has 0 aliphatic heterocycles. The van der Waals surface area contributed by atoms with Gasteiger partial charge in [-0.15, -0.1) is 0 Å². The standard InChI is InChI=1S/C10H6Br2N2O2/c11-8-5-13-14(10(16)9(8)12)6-1-3-7(15)4-2-6/h1-5,15H. The van der Waals surface area contributed by atoms with Crippen LogP contribution in [0.1, 0.15) is 0 Å². The van der Waals surface area contributed by atoms with Gasteiger partial charge >= 0.3 is 0 Å². The van der Waals surface area contributed by atoms with Gasteiger partial charge in [0.2, 0.25) is 0 Å². The second-order valence-corrected chi connectivity index (χ2v) is 4.69. The molecule has 0 aliphatic carbocycles. The summed E-state index contributed by atoms with van der Waals surface area (Å²) in [5, 5.41) is 13.1. The highest BCUT2D eigenvalue weighted by molar-refractivity contribution is 9.13. The van der Waals surface area contributed by atoms with E-state index in [-0.39, 0.29) is 11.3 Å². The van der Waals surface area contributed by atoms with Crippen molar-refractivity contribution in [3.05, 3.63) is 49.8 Å². The highest BCUT2D eigenvalue weighted by Crippen LogP contribution is 2.18. The van der Waals surface area contributed by atoms with Gasteiger partial charge in [0, 0.05) is 0 Å². The van der Waals surface area contributed by atoms with Crippen molar-refractivity contribution in [1.29, 1.82) is 0 Å². The molecule has 0 saturated carbocycles. The fraction of sp³-hybridized carbons (Fsp3) is 0. The zero-order chi connectivity index (χ0) is 11.7. The number of nitrogens with zero attached hydrogens (tertiary/aromatic N) is 2. The van der Waals surface area contributed by atoms with Crippen LogP contribution in [0.5, 0.6) is 5.75 Å². The molecule has 1 aromatic heterocycles. The molecule has 0 spiro atoms. The van der Waals surface area contributed by atoms with Crippen LogP contribution in [0.25, 0.3) is 5.69 Å². The van der Waals surface area contributed by atoms with Gasteiger partial charge < -0.3 is 5.11 Å². The van der Waals surface area contributed by atoms with Crippen LogP contribution >= 0.6 is 31.9 Å². The Kier molecular flexibility index (Phi) is 3.11. The van der Waals surface area contributed by atoms with Gasteiger partial charge in [-0.1, -0.05) is 0 Å². The van der Waals surface area contributed by atoms with E-state index in [0.717, 1.165) is 0 Å². The van der Waals surface area contributed by atoms with Crippen molar-refractivity contribution in [2.45, 2.75) is 0 Å². The molecule has 1 N–H and O–H groups in total. The number of phenols is 1. The van der Waals surface area contributed by atoms with Gasteiger partial charge in [-0.25, -0.2) is 0 Å². The molecular weight excluding hydrogens is 340 g/mol. The molecule has 16 heavy (non-hydrogen) atoms. The van der Waals surface area contributed by atoms with Gasteiger partial charge in [0.1, 0.15) is 10.2 Å². The van der Waals surface area contributed by atoms with Crippen LogP contribution in [0, 0.1) is 0 Å². The van der Waals surface area contributed by atoms with Crippen molar-refractivity contribution in [2.24, 2.45) is 0 Å². The molecule has 6 heteroatoms. The van der Waals surface area contributed by atoms with Crippen molar-refractivity contribution >= 4 is 31.9 Å². The van der Waals surface area contributed by atoms with E-state index in [1.165, 1.54) is 23.0 Å². The highest BCUT2D eigenvalue weighted by atomic mass is 79.9. The zero-order valence-electron chi connectivity index (χ0n) is 7.89. The Hall–Kier alpha value is -1.14. The molecular formula is C10H6Br2N2O2. The molecule has 0 fully saturated rings. The lowest BCUT2D eigenvalue weighted by Crippen LogP contribution is -2.21. The third kappa shape index (κ3) is 2.03. The summed E-state index contributed by atoms with van der Waals surface area (Å²) < 4.78 is 2.26. The van der Waals surface area contributed by atoms with Crippen LogP contribution in [0.3, 0.4) is 0 Å². The molecule has 0 amide bonds. The van der Waals surface area contributed by atoms with Crippen LogP contribution in [0.15, 0.2) is 44.2 Å². The van der Waals surface area contributed by atoms with Gasteiger partial charge in [-0.05, 0) is 56.1 Å². The molecule has 2 rings (SSSR count).